The zero-order valence-corrected chi connectivity index (χ0v) is 12.0. The van der Waals surface area contributed by atoms with Crippen molar-refractivity contribution in [2.75, 3.05) is 13.1 Å². The fourth-order valence-electron chi connectivity index (χ4n) is 3.24. The first-order valence-corrected chi connectivity index (χ1v) is 7.15. The van der Waals surface area contributed by atoms with Gasteiger partial charge in [-0.05, 0) is 52.5 Å². The second-order valence-corrected chi connectivity index (χ2v) is 6.47. The van der Waals surface area contributed by atoms with Crippen molar-refractivity contribution in [3.8, 4) is 0 Å². The molecule has 1 N–H and O–H groups in total. The average Bonchev–Trinajstić information content (AvgIpc) is 2.72. The van der Waals surface area contributed by atoms with Crippen molar-refractivity contribution in [1.29, 1.82) is 0 Å². The van der Waals surface area contributed by atoms with E-state index in [0.29, 0.717) is 12.1 Å². The van der Waals surface area contributed by atoms with Crippen LogP contribution in [0.5, 0.6) is 0 Å². The van der Waals surface area contributed by atoms with Crippen LogP contribution >= 0.6 is 0 Å². The Bertz CT molecular complexity index is 311. The van der Waals surface area contributed by atoms with Crippen LogP contribution in [0.1, 0.15) is 47.0 Å². The van der Waals surface area contributed by atoms with E-state index < -0.39 is 5.60 Å². The number of fused-ring (bicyclic) bond motifs is 1. The fourth-order valence-corrected chi connectivity index (χ4v) is 3.24. The molecule has 0 spiro atoms. The maximum absolute atomic E-state index is 12.2. The Morgan fingerprint density at radius 2 is 2.11 bits per heavy atom. The van der Waals surface area contributed by atoms with Crippen molar-refractivity contribution in [2.24, 2.45) is 5.92 Å². The third kappa shape index (κ3) is 2.79. The van der Waals surface area contributed by atoms with Gasteiger partial charge in [-0.25, -0.2) is 4.79 Å². The highest BCUT2D eigenvalue weighted by atomic mass is 16.6. The van der Waals surface area contributed by atoms with Crippen molar-refractivity contribution < 1.29 is 9.53 Å². The first kappa shape index (κ1) is 13.7. The summed E-state index contributed by atoms with van der Waals surface area (Å²) in [5.74, 6) is 0.744. The monoisotopic (exact) mass is 254 g/mol. The summed E-state index contributed by atoms with van der Waals surface area (Å²) in [6.45, 7) is 9.86. The summed E-state index contributed by atoms with van der Waals surface area (Å²) >= 11 is 0. The van der Waals surface area contributed by atoms with E-state index in [4.69, 9.17) is 4.74 Å². The number of amides is 1. The summed E-state index contributed by atoms with van der Waals surface area (Å²) in [7, 11) is 0. The third-order valence-corrected chi connectivity index (χ3v) is 4.00. The zero-order valence-electron chi connectivity index (χ0n) is 12.0. The maximum Gasteiger partial charge on any atom is 0.410 e. The number of hydrogen-bond donors (Lipinski definition) is 1. The number of nitrogens with zero attached hydrogens (tertiary/aromatic N) is 1. The van der Waals surface area contributed by atoms with E-state index in [2.05, 4.69) is 12.2 Å². The van der Waals surface area contributed by atoms with Crippen LogP contribution in [0, 0.1) is 5.92 Å². The summed E-state index contributed by atoms with van der Waals surface area (Å²) in [5, 5.41) is 3.56. The summed E-state index contributed by atoms with van der Waals surface area (Å²) in [5.41, 5.74) is -0.407. The lowest BCUT2D eigenvalue weighted by molar-refractivity contribution is 0.0000762. The number of ether oxygens (including phenoxy) is 1. The van der Waals surface area contributed by atoms with Crippen molar-refractivity contribution in [2.45, 2.75) is 64.6 Å². The highest BCUT2D eigenvalue weighted by molar-refractivity contribution is 5.69. The Kier molecular flexibility index (Phi) is 3.85. The molecule has 0 aliphatic carbocycles. The zero-order chi connectivity index (χ0) is 13.3. The van der Waals surface area contributed by atoms with Crippen LogP contribution in [-0.4, -0.2) is 41.8 Å². The topological polar surface area (TPSA) is 41.6 Å². The smallest absolute Gasteiger partial charge is 0.410 e. The van der Waals surface area contributed by atoms with Crippen LogP contribution in [0.25, 0.3) is 0 Å². The molecule has 0 aromatic rings. The molecular weight excluding hydrogens is 228 g/mol. The van der Waals surface area contributed by atoms with Crippen molar-refractivity contribution in [3.05, 3.63) is 0 Å². The molecule has 0 aromatic carbocycles. The van der Waals surface area contributed by atoms with Gasteiger partial charge in [0, 0.05) is 12.6 Å². The van der Waals surface area contributed by atoms with E-state index in [1.807, 2.05) is 25.7 Å². The van der Waals surface area contributed by atoms with Gasteiger partial charge in [-0.1, -0.05) is 6.92 Å². The molecule has 2 rings (SSSR count). The Labute approximate surface area is 110 Å². The minimum atomic E-state index is -0.407. The number of likely N-dealkylation sites (tertiary alicyclic amines) is 1. The van der Waals surface area contributed by atoms with Gasteiger partial charge in [0.1, 0.15) is 5.60 Å². The molecule has 3 unspecified atom stereocenters. The molecule has 2 saturated heterocycles. The van der Waals surface area contributed by atoms with Gasteiger partial charge < -0.3 is 15.0 Å². The van der Waals surface area contributed by atoms with Crippen LogP contribution in [0.15, 0.2) is 0 Å². The number of piperidine rings is 1. The lowest BCUT2D eigenvalue weighted by Gasteiger charge is -2.42. The summed E-state index contributed by atoms with van der Waals surface area (Å²) in [6, 6.07) is 0.761. The minimum Gasteiger partial charge on any atom is -0.444 e. The molecule has 18 heavy (non-hydrogen) atoms. The molecule has 3 atom stereocenters. The molecule has 0 aromatic heterocycles. The molecule has 0 saturated carbocycles. The summed E-state index contributed by atoms with van der Waals surface area (Å²) in [4.78, 5) is 14.2. The van der Waals surface area contributed by atoms with Gasteiger partial charge in [0.15, 0.2) is 0 Å². The highest BCUT2D eigenvalue weighted by Gasteiger charge is 2.42. The van der Waals surface area contributed by atoms with Gasteiger partial charge in [-0.2, -0.15) is 0 Å². The largest absolute Gasteiger partial charge is 0.444 e. The van der Waals surface area contributed by atoms with Gasteiger partial charge in [-0.15, -0.1) is 0 Å². The van der Waals surface area contributed by atoms with Gasteiger partial charge in [0.25, 0.3) is 0 Å². The van der Waals surface area contributed by atoms with Crippen LogP contribution in [0.4, 0.5) is 4.79 Å². The fraction of sp³-hybridized carbons (Fsp3) is 0.929. The molecule has 2 fully saturated rings. The maximum atomic E-state index is 12.2. The van der Waals surface area contributed by atoms with Crippen LogP contribution in [0.3, 0.4) is 0 Å². The van der Waals surface area contributed by atoms with E-state index in [9.17, 15) is 4.79 Å². The SMILES string of the molecule is CCC1C2NCCC2CCN1C(=O)OC(C)(C)C. The molecule has 4 heteroatoms. The second-order valence-electron chi connectivity index (χ2n) is 6.47. The lowest BCUT2D eigenvalue weighted by Crippen LogP contribution is -2.57. The quantitative estimate of drug-likeness (QED) is 0.781. The molecule has 1 amide bonds. The normalized spacial score (nSPS) is 32.2. The molecule has 4 nitrogen and oxygen atoms in total. The van der Waals surface area contributed by atoms with E-state index in [1.54, 1.807) is 0 Å². The van der Waals surface area contributed by atoms with E-state index >= 15 is 0 Å². The second kappa shape index (κ2) is 5.08. The van der Waals surface area contributed by atoms with Gasteiger partial charge in [-0.3, -0.25) is 0 Å². The van der Waals surface area contributed by atoms with E-state index in [1.165, 1.54) is 6.42 Å². The molecular formula is C14H26N2O2. The summed E-state index contributed by atoms with van der Waals surface area (Å²) < 4.78 is 5.52. The van der Waals surface area contributed by atoms with E-state index in [-0.39, 0.29) is 6.09 Å². The number of nitrogens with one attached hydrogen (secondary N) is 1. The summed E-state index contributed by atoms with van der Waals surface area (Å²) in [6.07, 6.45) is 3.20. The number of carbonyl (C=O) groups excluding carboxylic acids is 1. The highest BCUT2D eigenvalue weighted by Crippen LogP contribution is 2.32. The predicted molar refractivity (Wildman–Crippen MR) is 71.5 cm³/mol. The van der Waals surface area contributed by atoms with Crippen LogP contribution < -0.4 is 5.32 Å². The van der Waals surface area contributed by atoms with Gasteiger partial charge in [0.05, 0.1) is 6.04 Å². The average molecular weight is 254 g/mol. The molecule has 2 aliphatic rings. The molecule has 104 valence electrons. The Morgan fingerprint density at radius 1 is 1.39 bits per heavy atom. The van der Waals surface area contributed by atoms with Crippen LogP contribution in [0.2, 0.25) is 0 Å². The molecule has 0 radical (unpaired) electrons. The number of hydrogen-bond acceptors (Lipinski definition) is 3. The minimum absolute atomic E-state index is 0.151. The number of carbonyl (C=O) groups is 1. The van der Waals surface area contributed by atoms with Crippen molar-refractivity contribution in [1.82, 2.24) is 10.2 Å². The van der Waals surface area contributed by atoms with Crippen molar-refractivity contribution >= 4 is 6.09 Å². The van der Waals surface area contributed by atoms with Crippen molar-refractivity contribution in [3.63, 3.8) is 0 Å². The Morgan fingerprint density at radius 3 is 2.72 bits per heavy atom. The molecule has 2 aliphatic heterocycles. The molecule has 2 heterocycles. The number of rotatable bonds is 1. The lowest BCUT2D eigenvalue weighted by atomic mass is 9.85. The standard InChI is InChI=1S/C14H26N2O2/c1-5-11-12-10(6-8-15-12)7-9-16(11)13(17)18-14(2,3)4/h10-12,15H,5-9H2,1-4H3. The van der Waals surface area contributed by atoms with Gasteiger partial charge in [0.2, 0.25) is 0 Å². The predicted octanol–water partition coefficient (Wildman–Crippen LogP) is 2.38. The third-order valence-electron chi connectivity index (χ3n) is 4.00. The van der Waals surface area contributed by atoms with E-state index in [0.717, 1.165) is 31.8 Å². The molecule has 0 bridgehead atoms. The van der Waals surface area contributed by atoms with Crippen LogP contribution in [-0.2, 0) is 4.74 Å². The Balaban J connectivity index is 2.05. The van der Waals surface area contributed by atoms with Gasteiger partial charge >= 0.3 is 6.09 Å². The Hall–Kier alpha value is -0.770. The first-order valence-electron chi connectivity index (χ1n) is 7.15. The first-order chi connectivity index (χ1) is 8.42.